The minimum atomic E-state index is 0.672. The van der Waals surface area contributed by atoms with Gasteiger partial charge in [0.2, 0.25) is 4.80 Å². The fourth-order valence-corrected chi connectivity index (χ4v) is 5.31. The molecule has 0 aliphatic carbocycles. The Hall–Kier alpha value is -4.23. The van der Waals surface area contributed by atoms with Crippen LogP contribution in [0.3, 0.4) is 0 Å². The average Bonchev–Trinajstić information content (AvgIpc) is 3.60. The molecule has 6 rings (SSSR count). The van der Waals surface area contributed by atoms with E-state index in [1.165, 1.54) is 11.3 Å². The molecule has 2 heterocycles. The minimum Gasteiger partial charge on any atom is -0.284 e. The summed E-state index contributed by atoms with van der Waals surface area (Å²) in [6, 6.07) is 35.5. The normalized spacial score (nSPS) is 11.9. The quantitative estimate of drug-likeness (QED) is 0.148. The predicted octanol–water partition coefficient (Wildman–Crippen LogP) is 8.30. The highest BCUT2D eigenvalue weighted by molar-refractivity contribution is 7.07. The molecule has 0 bridgehead atoms. The molecule has 39 heavy (non-hydrogen) atoms. The number of nitrogens with zero attached hydrogens (tertiary/aromatic N) is 5. The Balaban J connectivity index is 1.44. The molecule has 4 aromatic carbocycles. The van der Waals surface area contributed by atoms with E-state index in [4.69, 9.17) is 28.3 Å². The van der Waals surface area contributed by atoms with E-state index in [1.54, 1.807) is 6.21 Å². The van der Waals surface area contributed by atoms with Gasteiger partial charge in [-0.05, 0) is 54.1 Å². The van der Waals surface area contributed by atoms with E-state index in [0.29, 0.717) is 10.0 Å². The van der Waals surface area contributed by atoms with Gasteiger partial charge in [-0.1, -0.05) is 83.9 Å². The summed E-state index contributed by atoms with van der Waals surface area (Å²) in [5.74, 6) is 0. The number of para-hydroxylation sites is 2. The molecule has 2 aromatic heterocycles. The first-order chi connectivity index (χ1) is 19.2. The Kier molecular flexibility index (Phi) is 7.23. The van der Waals surface area contributed by atoms with E-state index < -0.39 is 0 Å². The third-order valence-electron chi connectivity index (χ3n) is 6.08. The Morgan fingerprint density at radius 2 is 1.28 bits per heavy atom. The smallest absolute Gasteiger partial charge is 0.215 e. The second-order valence-electron chi connectivity index (χ2n) is 8.65. The lowest BCUT2D eigenvalue weighted by atomic mass is 10.1. The SMILES string of the molecule is Clc1ccc(-c2nn(-c3ccccc3)cc2/C=N\N=c2/scc(-c3ccc(Cl)cc3)n2-c2ccccc2)cc1. The monoisotopic (exact) mass is 565 g/mol. The van der Waals surface area contributed by atoms with Crippen molar-refractivity contribution in [2.45, 2.75) is 0 Å². The zero-order valence-electron chi connectivity index (χ0n) is 20.5. The average molecular weight is 567 g/mol. The zero-order chi connectivity index (χ0) is 26.6. The van der Waals surface area contributed by atoms with Crippen molar-refractivity contribution in [3.05, 3.63) is 141 Å². The standard InChI is InChI=1S/C31H21Cl2N5S/c32-25-15-11-22(12-16-25)29-21-39-31(38(29)28-9-5-2-6-10-28)35-34-19-24-20-37(27-7-3-1-4-8-27)36-30(24)23-13-17-26(33)18-14-23/h1-21H/b34-19-,35-31-. The number of rotatable bonds is 6. The van der Waals surface area contributed by atoms with E-state index in [2.05, 4.69) is 32.3 Å². The Morgan fingerprint density at radius 1 is 0.692 bits per heavy atom. The fraction of sp³-hybridized carbons (Fsp3) is 0. The molecular formula is C31H21Cl2N5S. The van der Waals surface area contributed by atoms with Crippen LogP contribution in [-0.4, -0.2) is 20.6 Å². The molecule has 0 unspecified atom stereocenters. The summed E-state index contributed by atoms with van der Waals surface area (Å²) >= 11 is 13.8. The highest BCUT2D eigenvalue weighted by atomic mass is 35.5. The summed E-state index contributed by atoms with van der Waals surface area (Å²) in [7, 11) is 0. The lowest BCUT2D eigenvalue weighted by Crippen LogP contribution is -2.13. The van der Waals surface area contributed by atoms with Gasteiger partial charge in [0.15, 0.2) is 0 Å². The number of halogens is 2. The first-order valence-electron chi connectivity index (χ1n) is 12.2. The van der Waals surface area contributed by atoms with Crippen LogP contribution in [0.1, 0.15) is 5.56 Å². The summed E-state index contributed by atoms with van der Waals surface area (Å²) in [5.41, 5.74) is 6.57. The largest absolute Gasteiger partial charge is 0.284 e. The Bertz CT molecular complexity index is 1800. The van der Waals surface area contributed by atoms with Gasteiger partial charge in [0.1, 0.15) is 5.69 Å². The van der Waals surface area contributed by atoms with Crippen molar-refractivity contribution >= 4 is 40.8 Å². The number of aromatic nitrogens is 3. The van der Waals surface area contributed by atoms with Crippen molar-refractivity contribution in [1.82, 2.24) is 14.3 Å². The van der Waals surface area contributed by atoms with Gasteiger partial charge in [-0.3, -0.25) is 4.57 Å². The van der Waals surface area contributed by atoms with Gasteiger partial charge in [0.05, 0.1) is 17.6 Å². The van der Waals surface area contributed by atoms with Gasteiger partial charge in [0.25, 0.3) is 0 Å². The molecule has 0 saturated heterocycles. The first kappa shape index (κ1) is 25.1. The van der Waals surface area contributed by atoms with Crippen LogP contribution in [0.4, 0.5) is 0 Å². The van der Waals surface area contributed by atoms with Crippen molar-refractivity contribution in [3.63, 3.8) is 0 Å². The molecule has 0 atom stereocenters. The van der Waals surface area contributed by atoms with Crippen LogP contribution in [0, 0.1) is 0 Å². The number of benzene rings is 4. The van der Waals surface area contributed by atoms with Gasteiger partial charge in [0, 0.05) is 38.4 Å². The maximum Gasteiger partial charge on any atom is 0.215 e. The summed E-state index contributed by atoms with van der Waals surface area (Å²) in [5, 5.41) is 17.5. The molecule has 8 heteroatoms. The van der Waals surface area contributed by atoms with Crippen molar-refractivity contribution in [3.8, 4) is 33.9 Å². The van der Waals surface area contributed by atoms with E-state index in [1.807, 2.05) is 108 Å². The van der Waals surface area contributed by atoms with E-state index in [-0.39, 0.29) is 0 Å². The lowest BCUT2D eigenvalue weighted by Gasteiger charge is -2.09. The van der Waals surface area contributed by atoms with Crippen LogP contribution in [0.25, 0.3) is 33.9 Å². The van der Waals surface area contributed by atoms with Crippen molar-refractivity contribution < 1.29 is 0 Å². The molecule has 0 N–H and O–H groups in total. The van der Waals surface area contributed by atoms with Crippen LogP contribution < -0.4 is 4.80 Å². The molecule has 0 fully saturated rings. The number of thiazole rings is 1. The maximum absolute atomic E-state index is 6.14. The second-order valence-corrected chi connectivity index (χ2v) is 10.4. The zero-order valence-corrected chi connectivity index (χ0v) is 22.9. The molecular weight excluding hydrogens is 545 g/mol. The fourth-order valence-electron chi connectivity index (χ4n) is 4.20. The Morgan fingerprint density at radius 3 is 1.92 bits per heavy atom. The number of hydrogen-bond donors (Lipinski definition) is 0. The van der Waals surface area contributed by atoms with Gasteiger partial charge in [-0.25, -0.2) is 4.68 Å². The van der Waals surface area contributed by atoms with E-state index in [0.717, 1.165) is 44.3 Å². The summed E-state index contributed by atoms with van der Waals surface area (Å²) in [6.45, 7) is 0. The maximum atomic E-state index is 6.14. The molecule has 0 saturated carbocycles. The van der Waals surface area contributed by atoms with Gasteiger partial charge < -0.3 is 0 Å². The first-order valence-corrected chi connectivity index (χ1v) is 13.8. The van der Waals surface area contributed by atoms with Gasteiger partial charge in [-0.15, -0.1) is 16.4 Å². The third kappa shape index (κ3) is 5.49. The van der Waals surface area contributed by atoms with Crippen LogP contribution in [0.15, 0.2) is 131 Å². The Labute approximate surface area is 239 Å². The third-order valence-corrected chi connectivity index (χ3v) is 7.40. The van der Waals surface area contributed by atoms with Gasteiger partial charge >= 0.3 is 0 Å². The molecule has 6 aromatic rings. The lowest BCUT2D eigenvalue weighted by molar-refractivity contribution is 0.884. The van der Waals surface area contributed by atoms with E-state index in [9.17, 15) is 0 Å². The van der Waals surface area contributed by atoms with E-state index >= 15 is 0 Å². The predicted molar refractivity (Wildman–Crippen MR) is 161 cm³/mol. The molecule has 0 spiro atoms. The van der Waals surface area contributed by atoms with Gasteiger partial charge in [-0.2, -0.15) is 10.2 Å². The van der Waals surface area contributed by atoms with Crippen molar-refractivity contribution in [2.24, 2.45) is 10.2 Å². The van der Waals surface area contributed by atoms with Crippen LogP contribution in [0.2, 0.25) is 10.0 Å². The van der Waals surface area contributed by atoms with Crippen LogP contribution >= 0.6 is 34.5 Å². The summed E-state index contributed by atoms with van der Waals surface area (Å²) in [4.78, 5) is 0.742. The van der Waals surface area contributed by atoms with Crippen molar-refractivity contribution in [1.29, 1.82) is 0 Å². The molecule has 0 radical (unpaired) electrons. The molecule has 5 nitrogen and oxygen atoms in total. The highest BCUT2D eigenvalue weighted by Gasteiger charge is 2.12. The highest BCUT2D eigenvalue weighted by Crippen LogP contribution is 2.26. The summed E-state index contributed by atoms with van der Waals surface area (Å²) < 4.78 is 3.94. The van der Waals surface area contributed by atoms with Crippen LogP contribution in [0.5, 0.6) is 0 Å². The summed E-state index contributed by atoms with van der Waals surface area (Å²) in [6.07, 6.45) is 3.70. The molecule has 0 aliphatic heterocycles. The minimum absolute atomic E-state index is 0.672. The molecule has 190 valence electrons. The topological polar surface area (TPSA) is 47.5 Å². The second kappa shape index (κ2) is 11.3. The number of hydrogen-bond acceptors (Lipinski definition) is 4. The molecule has 0 aliphatic rings. The van der Waals surface area contributed by atoms with Crippen LogP contribution in [-0.2, 0) is 0 Å². The van der Waals surface area contributed by atoms with Crippen molar-refractivity contribution in [2.75, 3.05) is 0 Å². The molecule has 0 amide bonds.